The molecule has 2 aliphatic heterocycles. The summed E-state index contributed by atoms with van der Waals surface area (Å²) in [7, 11) is 0. The lowest BCUT2D eigenvalue weighted by molar-refractivity contribution is -0.135. The number of rotatable bonds is 4. The number of carbonyl (C=O) groups is 1. The summed E-state index contributed by atoms with van der Waals surface area (Å²) in [6, 6.07) is 0.717. The van der Waals surface area contributed by atoms with Gasteiger partial charge in [-0.1, -0.05) is 6.92 Å². The number of amides is 1. The third-order valence-electron chi connectivity index (χ3n) is 4.91. The van der Waals surface area contributed by atoms with Gasteiger partial charge in [-0.05, 0) is 20.4 Å². The minimum Gasteiger partial charge on any atom is -0.337 e. The highest BCUT2D eigenvalue weighted by Gasteiger charge is 2.28. The van der Waals surface area contributed by atoms with E-state index in [1.807, 2.05) is 0 Å². The molecule has 132 valence electrons. The average Bonchev–Trinajstić information content (AvgIpc) is 2.48. The van der Waals surface area contributed by atoms with Crippen molar-refractivity contribution in [3.63, 3.8) is 0 Å². The third-order valence-corrected chi connectivity index (χ3v) is 4.91. The second-order valence-corrected chi connectivity index (χ2v) is 6.10. The van der Waals surface area contributed by atoms with Crippen LogP contribution in [0.4, 0.5) is 0 Å². The normalized spacial score (nSPS) is 27.0. The van der Waals surface area contributed by atoms with Crippen molar-refractivity contribution in [1.82, 2.24) is 20.0 Å². The van der Waals surface area contributed by atoms with E-state index in [1.54, 1.807) is 0 Å². The number of nitrogens with one attached hydrogen (secondary N) is 1. The first-order chi connectivity index (χ1) is 9.61. The van der Waals surface area contributed by atoms with E-state index >= 15 is 0 Å². The van der Waals surface area contributed by atoms with Gasteiger partial charge in [0.15, 0.2) is 0 Å². The highest BCUT2D eigenvalue weighted by Crippen LogP contribution is 2.11. The fourth-order valence-corrected chi connectivity index (χ4v) is 3.14. The minimum absolute atomic E-state index is 0. The first-order valence-electron chi connectivity index (χ1n) is 8.09. The van der Waals surface area contributed by atoms with Gasteiger partial charge in [-0.25, -0.2) is 0 Å². The van der Waals surface area contributed by atoms with Crippen molar-refractivity contribution in [3.8, 4) is 0 Å². The molecule has 0 saturated carbocycles. The highest BCUT2D eigenvalue weighted by atomic mass is 35.5. The Kier molecular flexibility index (Phi) is 10.6. The zero-order valence-electron chi connectivity index (χ0n) is 14.1. The summed E-state index contributed by atoms with van der Waals surface area (Å²) in [5.74, 6) is 0.323. The molecule has 2 heterocycles. The molecule has 2 atom stereocenters. The van der Waals surface area contributed by atoms with Crippen molar-refractivity contribution in [2.24, 2.45) is 0 Å². The van der Waals surface area contributed by atoms with Crippen LogP contribution in [-0.4, -0.2) is 85.0 Å². The highest BCUT2D eigenvalue weighted by molar-refractivity contribution is 5.85. The molecule has 0 spiro atoms. The van der Waals surface area contributed by atoms with Crippen LogP contribution in [0.15, 0.2) is 0 Å². The predicted molar refractivity (Wildman–Crippen MR) is 96.3 cm³/mol. The first-order valence-corrected chi connectivity index (χ1v) is 8.09. The Morgan fingerprint density at radius 1 is 1.05 bits per heavy atom. The van der Waals surface area contributed by atoms with E-state index in [0.717, 1.165) is 52.4 Å². The summed E-state index contributed by atoms with van der Waals surface area (Å²) in [6.45, 7) is 14.9. The van der Waals surface area contributed by atoms with Gasteiger partial charge in [0, 0.05) is 64.3 Å². The first kappa shape index (κ1) is 21.9. The van der Waals surface area contributed by atoms with Gasteiger partial charge >= 0.3 is 0 Å². The van der Waals surface area contributed by atoms with Gasteiger partial charge in [0.1, 0.15) is 0 Å². The van der Waals surface area contributed by atoms with E-state index < -0.39 is 0 Å². The Morgan fingerprint density at radius 2 is 1.64 bits per heavy atom. The number of halogens is 2. The number of likely N-dealkylation sites (N-methyl/N-ethyl adjacent to an activating group) is 1. The van der Waals surface area contributed by atoms with Crippen LogP contribution in [0.3, 0.4) is 0 Å². The molecule has 0 radical (unpaired) electrons. The summed E-state index contributed by atoms with van der Waals surface area (Å²) in [5.41, 5.74) is 0. The minimum atomic E-state index is 0. The molecule has 7 heteroatoms. The zero-order valence-corrected chi connectivity index (χ0v) is 15.7. The summed E-state index contributed by atoms with van der Waals surface area (Å²) >= 11 is 0. The van der Waals surface area contributed by atoms with Crippen LogP contribution in [-0.2, 0) is 4.79 Å². The Hall–Kier alpha value is -0.0700. The van der Waals surface area contributed by atoms with Gasteiger partial charge in [-0.15, -0.1) is 24.8 Å². The van der Waals surface area contributed by atoms with Crippen LogP contribution >= 0.6 is 24.8 Å². The van der Waals surface area contributed by atoms with E-state index in [2.05, 4.69) is 40.8 Å². The maximum Gasteiger partial charge on any atom is 0.224 e. The van der Waals surface area contributed by atoms with Crippen molar-refractivity contribution in [3.05, 3.63) is 0 Å². The molecule has 0 aromatic rings. The second-order valence-electron chi connectivity index (χ2n) is 6.10. The molecule has 2 fully saturated rings. The molecule has 0 aromatic carbocycles. The van der Waals surface area contributed by atoms with E-state index in [4.69, 9.17) is 0 Å². The summed E-state index contributed by atoms with van der Waals surface area (Å²) < 4.78 is 0. The van der Waals surface area contributed by atoms with Crippen LogP contribution < -0.4 is 5.32 Å². The maximum absolute atomic E-state index is 12.4. The number of hydrogen-bond donors (Lipinski definition) is 1. The molecule has 22 heavy (non-hydrogen) atoms. The molecule has 5 nitrogen and oxygen atoms in total. The van der Waals surface area contributed by atoms with E-state index in [1.165, 1.54) is 0 Å². The Balaban J connectivity index is 0.00000220. The van der Waals surface area contributed by atoms with Crippen LogP contribution in [0.5, 0.6) is 0 Å². The molecule has 2 aliphatic rings. The van der Waals surface area contributed by atoms with Crippen LogP contribution in [0.25, 0.3) is 0 Å². The van der Waals surface area contributed by atoms with Crippen molar-refractivity contribution in [1.29, 1.82) is 0 Å². The molecular formula is C15H32Cl2N4O. The molecule has 2 rings (SSSR count). The smallest absolute Gasteiger partial charge is 0.224 e. The SMILES string of the molecule is CCN1CCN(CCC(=O)N2CCNC(C)C2C)CC1.Cl.Cl. The second kappa shape index (κ2) is 10.7. The Morgan fingerprint density at radius 3 is 2.23 bits per heavy atom. The van der Waals surface area contributed by atoms with E-state index in [9.17, 15) is 4.79 Å². The Labute approximate surface area is 147 Å². The fourth-order valence-electron chi connectivity index (χ4n) is 3.14. The summed E-state index contributed by atoms with van der Waals surface area (Å²) in [5, 5.41) is 3.42. The molecule has 1 amide bonds. The average molecular weight is 355 g/mol. The van der Waals surface area contributed by atoms with Gasteiger partial charge in [-0.2, -0.15) is 0 Å². The molecule has 0 bridgehead atoms. The van der Waals surface area contributed by atoms with Crippen LogP contribution in [0, 0.1) is 0 Å². The summed E-state index contributed by atoms with van der Waals surface area (Å²) in [4.78, 5) is 19.3. The number of carbonyl (C=O) groups excluding carboxylic acids is 1. The zero-order chi connectivity index (χ0) is 14.5. The predicted octanol–water partition coefficient (Wildman–Crippen LogP) is 1.07. The molecule has 1 N–H and O–H groups in total. The van der Waals surface area contributed by atoms with Crippen molar-refractivity contribution in [2.45, 2.75) is 39.3 Å². The van der Waals surface area contributed by atoms with Crippen molar-refractivity contribution < 1.29 is 4.79 Å². The number of nitrogens with zero attached hydrogens (tertiary/aromatic N) is 3. The Bertz CT molecular complexity index is 325. The molecular weight excluding hydrogens is 323 g/mol. The van der Waals surface area contributed by atoms with Gasteiger partial charge in [-0.3, -0.25) is 4.79 Å². The molecule has 0 aromatic heterocycles. The number of hydrogen-bond acceptors (Lipinski definition) is 4. The molecule has 0 aliphatic carbocycles. The van der Waals surface area contributed by atoms with Crippen molar-refractivity contribution >= 4 is 30.7 Å². The van der Waals surface area contributed by atoms with Gasteiger partial charge in [0.25, 0.3) is 0 Å². The monoisotopic (exact) mass is 354 g/mol. The maximum atomic E-state index is 12.4. The van der Waals surface area contributed by atoms with Gasteiger partial charge in [0.2, 0.25) is 5.91 Å². The third kappa shape index (κ3) is 5.85. The van der Waals surface area contributed by atoms with Gasteiger partial charge < -0.3 is 20.0 Å². The number of piperazine rings is 2. The fraction of sp³-hybridized carbons (Fsp3) is 0.933. The van der Waals surface area contributed by atoms with E-state index in [-0.39, 0.29) is 24.8 Å². The van der Waals surface area contributed by atoms with Crippen molar-refractivity contribution in [2.75, 3.05) is 52.4 Å². The summed E-state index contributed by atoms with van der Waals surface area (Å²) in [6.07, 6.45) is 0.670. The molecule has 2 unspecified atom stereocenters. The topological polar surface area (TPSA) is 38.8 Å². The van der Waals surface area contributed by atoms with Crippen LogP contribution in [0.1, 0.15) is 27.2 Å². The quantitative estimate of drug-likeness (QED) is 0.819. The largest absolute Gasteiger partial charge is 0.337 e. The lowest BCUT2D eigenvalue weighted by Gasteiger charge is -2.39. The molecule has 2 saturated heterocycles. The standard InChI is InChI=1S/C15H30N4O.2ClH/c1-4-17-9-11-18(12-10-17)7-5-15(20)19-8-6-16-13(2)14(19)3;;/h13-14,16H,4-12H2,1-3H3;2*1H. The van der Waals surface area contributed by atoms with Crippen LogP contribution in [0.2, 0.25) is 0 Å². The van der Waals surface area contributed by atoms with E-state index in [0.29, 0.717) is 24.4 Å². The lowest BCUT2D eigenvalue weighted by Crippen LogP contribution is -2.57. The lowest BCUT2D eigenvalue weighted by atomic mass is 10.1. The van der Waals surface area contributed by atoms with Gasteiger partial charge in [0.05, 0.1) is 0 Å².